The number of unbranched alkanes of at least 4 members (excludes halogenated alkanes) is 2. The number of carbonyl (C=O) groups excluding carboxylic acids is 5. The first-order valence-corrected chi connectivity index (χ1v) is 20.4. The highest BCUT2D eigenvalue weighted by Gasteiger charge is 2.64. The van der Waals surface area contributed by atoms with E-state index in [-0.39, 0.29) is 41.7 Å². The van der Waals surface area contributed by atoms with E-state index in [9.17, 15) is 37.1 Å². The van der Waals surface area contributed by atoms with Gasteiger partial charge in [0.1, 0.15) is 29.5 Å². The summed E-state index contributed by atoms with van der Waals surface area (Å²) in [5.74, 6) is -1.27. The van der Waals surface area contributed by atoms with Crippen molar-refractivity contribution in [2.45, 2.75) is 84.2 Å². The number of fused-ring (bicyclic) bond motifs is 1. The molecule has 4 heterocycles. The topological polar surface area (TPSA) is 174 Å². The van der Waals surface area contributed by atoms with E-state index >= 15 is 0 Å². The van der Waals surface area contributed by atoms with Crippen molar-refractivity contribution in [3.8, 4) is 17.6 Å². The monoisotopic (exact) mass is 843 g/mol. The number of piperidine rings is 1. The van der Waals surface area contributed by atoms with Crippen LogP contribution in [0, 0.1) is 22.2 Å². The number of hydrogen-bond acceptors (Lipinski definition) is 11. The third-order valence-electron chi connectivity index (χ3n) is 12.3. The number of nitrogens with zero attached hydrogens (tertiary/aromatic N) is 5. The molecule has 0 radical (unpaired) electrons. The van der Waals surface area contributed by atoms with E-state index in [1.807, 2.05) is 33.8 Å². The minimum Gasteiger partial charge on any atom is -0.494 e. The maximum absolute atomic E-state index is 13.6. The van der Waals surface area contributed by atoms with Crippen molar-refractivity contribution in [1.82, 2.24) is 25.4 Å². The molecule has 3 aliphatic heterocycles. The van der Waals surface area contributed by atoms with Crippen molar-refractivity contribution >= 4 is 35.4 Å². The minimum atomic E-state index is -4.71. The van der Waals surface area contributed by atoms with Crippen LogP contribution >= 0.6 is 0 Å². The Labute approximate surface area is 351 Å². The fourth-order valence-corrected chi connectivity index (χ4v) is 9.33. The lowest BCUT2D eigenvalue weighted by Gasteiger charge is -2.63. The van der Waals surface area contributed by atoms with Gasteiger partial charge in [-0.05, 0) is 80.8 Å². The Morgan fingerprint density at radius 2 is 1.62 bits per heavy atom. The van der Waals surface area contributed by atoms with Crippen LogP contribution in [0.3, 0.4) is 0 Å². The first-order valence-electron chi connectivity index (χ1n) is 20.4. The van der Waals surface area contributed by atoms with Crippen molar-refractivity contribution in [3.63, 3.8) is 0 Å². The molecule has 7 rings (SSSR count). The Balaban J connectivity index is 0.817. The average molecular weight is 844 g/mol. The molecule has 14 nitrogen and oxygen atoms in total. The summed E-state index contributed by atoms with van der Waals surface area (Å²) in [7, 11) is 0. The standard InChI is InChI=1S/C44H48F3N7O7/c1-42(2)40(43(3,4)41(42)61-29-10-8-26(24-48)32(23-29)44(45,46)47)51-36(56)27-9-14-34(49-25-27)53-19-17-52(18-20-53)16-6-5-7-21-60-28-11-12-30-31(22-28)39(59)54(38(30)58)33-13-15-35(55)50-37(33)57/h8-12,14,22-23,25,33,40-41H,5-7,13,15-21H2,1-4H3,(H,51,56)(H,50,55,57). The molecule has 61 heavy (non-hydrogen) atoms. The van der Waals surface area contributed by atoms with Crippen molar-refractivity contribution in [3.05, 3.63) is 82.5 Å². The third kappa shape index (κ3) is 8.63. The summed E-state index contributed by atoms with van der Waals surface area (Å²) in [5, 5.41) is 14.4. The van der Waals surface area contributed by atoms with Gasteiger partial charge in [-0.15, -0.1) is 0 Å². The zero-order chi connectivity index (χ0) is 43.9. The molecule has 1 saturated carbocycles. The van der Waals surface area contributed by atoms with Gasteiger partial charge in [-0.25, -0.2) is 4.98 Å². The predicted octanol–water partition coefficient (Wildman–Crippen LogP) is 5.36. The lowest BCUT2D eigenvalue weighted by molar-refractivity contribution is -0.164. The molecule has 0 spiro atoms. The maximum Gasteiger partial charge on any atom is 0.417 e. The van der Waals surface area contributed by atoms with Gasteiger partial charge in [-0.1, -0.05) is 27.7 Å². The van der Waals surface area contributed by atoms with Crippen molar-refractivity contribution in [2.75, 3.05) is 44.2 Å². The number of nitrogens with one attached hydrogen (secondary N) is 2. The molecule has 322 valence electrons. The van der Waals surface area contributed by atoms with E-state index < -0.39 is 63.9 Å². The second kappa shape index (κ2) is 16.8. The Hall–Kier alpha value is -6.02. The summed E-state index contributed by atoms with van der Waals surface area (Å²) in [4.78, 5) is 73.4. The molecule has 2 N–H and O–H groups in total. The summed E-state index contributed by atoms with van der Waals surface area (Å²) in [6.07, 6.45) is -0.827. The molecule has 3 fully saturated rings. The molecule has 1 atom stereocenters. The van der Waals surface area contributed by atoms with Crippen LogP contribution in [0.25, 0.3) is 0 Å². The number of anilines is 1. The highest BCUT2D eigenvalue weighted by atomic mass is 19.4. The fraction of sp³-hybridized carbons (Fsp3) is 0.477. The van der Waals surface area contributed by atoms with Crippen LogP contribution in [0.15, 0.2) is 54.7 Å². The molecule has 17 heteroatoms. The van der Waals surface area contributed by atoms with Gasteiger partial charge < -0.3 is 19.7 Å². The first-order chi connectivity index (χ1) is 28.9. The minimum absolute atomic E-state index is 0.00350. The predicted molar refractivity (Wildman–Crippen MR) is 215 cm³/mol. The molecule has 5 amide bonds. The number of hydrogen-bond donors (Lipinski definition) is 2. The van der Waals surface area contributed by atoms with Gasteiger partial charge >= 0.3 is 6.18 Å². The van der Waals surface area contributed by atoms with Crippen LogP contribution in [0.5, 0.6) is 11.5 Å². The Morgan fingerprint density at radius 3 is 2.28 bits per heavy atom. The number of ether oxygens (including phenoxy) is 2. The SMILES string of the molecule is CC1(C)C(NC(=O)c2ccc(N3CCN(CCCCCOc4ccc5c(c4)C(=O)N(C4CCC(=O)NC4=O)C5=O)CC3)nc2)C(C)(C)C1Oc1ccc(C#N)c(C(F)(F)F)c1. The summed E-state index contributed by atoms with van der Waals surface area (Å²) >= 11 is 0. The van der Waals surface area contributed by atoms with E-state index in [0.29, 0.717) is 17.9 Å². The molecular formula is C44H48F3N7O7. The average Bonchev–Trinajstić information content (AvgIpc) is 3.47. The number of amides is 5. The third-order valence-corrected chi connectivity index (χ3v) is 12.3. The normalized spacial score (nSPS) is 22.2. The van der Waals surface area contributed by atoms with Gasteiger partial charge in [0.05, 0.1) is 40.5 Å². The molecular weight excluding hydrogens is 796 g/mol. The number of pyridine rings is 1. The van der Waals surface area contributed by atoms with Gasteiger partial charge in [-0.3, -0.25) is 39.1 Å². The summed E-state index contributed by atoms with van der Waals surface area (Å²) in [6.45, 7) is 12.2. The Morgan fingerprint density at radius 1 is 0.918 bits per heavy atom. The van der Waals surface area contributed by atoms with E-state index in [1.165, 1.54) is 18.2 Å². The largest absolute Gasteiger partial charge is 0.494 e. The number of rotatable bonds is 13. The number of nitriles is 1. The van der Waals surface area contributed by atoms with E-state index in [0.717, 1.165) is 74.8 Å². The van der Waals surface area contributed by atoms with Crippen LogP contribution in [-0.2, 0) is 15.8 Å². The number of imide groups is 2. The number of piperazine rings is 1. The Bertz CT molecular complexity index is 2250. The second-order valence-electron chi connectivity index (χ2n) is 17.2. The van der Waals surface area contributed by atoms with E-state index in [4.69, 9.17) is 14.7 Å². The molecule has 1 aliphatic carbocycles. The van der Waals surface area contributed by atoms with Crippen LogP contribution in [0.1, 0.15) is 102 Å². The lowest BCUT2D eigenvalue weighted by atomic mass is 9.49. The molecule has 4 aliphatic rings. The van der Waals surface area contributed by atoms with E-state index in [1.54, 1.807) is 24.4 Å². The van der Waals surface area contributed by atoms with E-state index in [2.05, 4.69) is 25.4 Å². The maximum atomic E-state index is 13.6. The zero-order valence-electron chi connectivity index (χ0n) is 34.4. The molecule has 1 aromatic heterocycles. The van der Waals surface area contributed by atoms with Crippen molar-refractivity contribution in [2.24, 2.45) is 10.8 Å². The highest BCUT2D eigenvalue weighted by Crippen LogP contribution is 2.55. The number of benzene rings is 2. The van der Waals surface area contributed by atoms with Crippen LogP contribution in [0.2, 0.25) is 0 Å². The number of aromatic nitrogens is 1. The number of alkyl halides is 3. The van der Waals surface area contributed by atoms with Crippen molar-refractivity contribution in [1.29, 1.82) is 5.26 Å². The van der Waals surface area contributed by atoms with Gasteiger partial charge in [0.15, 0.2) is 0 Å². The quantitative estimate of drug-likeness (QED) is 0.168. The fourth-order valence-electron chi connectivity index (χ4n) is 9.33. The Kier molecular flexibility index (Phi) is 11.9. The van der Waals surface area contributed by atoms with Crippen LogP contribution < -0.4 is 25.0 Å². The molecule has 0 bridgehead atoms. The summed E-state index contributed by atoms with van der Waals surface area (Å²) in [6, 6.07) is 11.8. The molecule has 3 aromatic rings. The molecule has 2 aromatic carbocycles. The zero-order valence-corrected chi connectivity index (χ0v) is 34.4. The number of halogens is 3. The van der Waals surface area contributed by atoms with Gasteiger partial charge in [0, 0.05) is 55.7 Å². The van der Waals surface area contributed by atoms with Gasteiger partial charge in [-0.2, -0.15) is 18.4 Å². The number of carbonyl (C=O) groups is 5. The van der Waals surface area contributed by atoms with Crippen LogP contribution in [0.4, 0.5) is 19.0 Å². The summed E-state index contributed by atoms with van der Waals surface area (Å²) < 4.78 is 52.7. The first kappa shape index (κ1) is 43.1. The van der Waals surface area contributed by atoms with Gasteiger partial charge in [0.25, 0.3) is 17.7 Å². The second-order valence-corrected chi connectivity index (χ2v) is 17.2. The molecule has 1 unspecified atom stereocenters. The molecule has 2 saturated heterocycles. The van der Waals surface area contributed by atoms with Crippen LogP contribution in [-0.4, -0.2) is 102 Å². The smallest absolute Gasteiger partial charge is 0.417 e. The van der Waals surface area contributed by atoms with Crippen molar-refractivity contribution < 1.29 is 46.6 Å². The summed E-state index contributed by atoms with van der Waals surface area (Å²) in [5.41, 5.74) is -2.01. The highest BCUT2D eigenvalue weighted by molar-refractivity contribution is 6.23. The van der Waals surface area contributed by atoms with Gasteiger partial charge in [0.2, 0.25) is 11.8 Å². The lowest BCUT2D eigenvalue weighted by Crippen LogP contribution is -2.74.